The molecule has 1 N–H and O–H groups in total. The first kappa shape index (κ1) is 15.2. The van der Waals surface area contributed by atoms with E-state index < -0.39 is 0 Å². The number of nitrogens with one attached hydrogen (secondary N) is 1. The van der Waals surface area contributed by atoms with Gasteiger partial charge in [0.05, 0.1) is 17.3 Å². The second kappa shape index (κ2) is 7.00. The molecule has 0 aliphatic rings. The van der Waals surface area contributed by atoms with E-state index in [1.807, 2.05) is 24.6 Å². The molecule has 0 spiro atoms. The normalized spacial score (nSPS) is 10.6. The fourth-order valence-electron chi connectivity index (χ4n) is 2.26. The minimum atomic E-state index is -0.278. The lowest BCUT2D eigenvalue weighted by atomic mass is 10.1. The number of hydrogen-bond acceptors (Lipinski definition) is 3. The molecule has 1 aromatic heterocycles. The van der Waals surface area contributed by atoms with Crippen molar-refractivity contribution in [2.45, 2.75) is 33.4 Å². The summed E-state index contributed by atoms with van der Waals surface area (Å²) < 4.78 is 15.6. The monoisotopic (exact) mass is 286 g/mol. The van der Waals surface area contributed by atoms with Gasteiger partial charge in [-0.2, -0.15) is 10.4 Å². The van der Waals surface area contributed by atoms with E-state index in [1.54, 1.807) is 6.07 Å². The van der Waals surface area contributed by atoms with Crippen LogP contribution in [-0.4, -0.2) is 16.3 Å². The third-order valence-corrected chi connectivity index (χ3v) is 3.32. The van der Waals surface area contributed by atoms with Crippen LogP contribution in [0.5, 0.6) is 0 Å². The number of aromatic nitrogens is 2. The van der Waals surface area contributed by atoms with Gasteiger partial charge in [-0.3, -0.25) is 4.68 Å². The molecule has 2 aromatic rings. The maximum Gasteiger partial charge on any atom is 0.127 e. The third-order valence-electron chi connectivity index (χ3n) is 3.32. The van der Waals surface area contributed by atoms with Crippen molar-refractivity contribution >= 4 is 0 Å². The second-order valence-corrected chi connectivity index (χ2v) is 5.10. The standard InChI is InChI=1S/C16H19FN4/c1-12-8-13(2)21(20-12)7-3-6-19-11-15-9-14(10-18)4-5-16(15)17/h4-5,8-9,19H,3,6-7,11H2,1-2H3. The SMILES string of the molecule is Cc1cc(C)n(CCCNCc2cc(C#N)ccc2F)n1. The minimum Gasteiger partial charge on any atom is -0.312 e. The average molecular weight is 286 g/mol. The van der Waals surface area contributed by atoms with Gasteiger partial charge in [0.1, 0.15) is 5.82 Å². The van der Waals surface area contributed by atoms with Gasteiger partial charge in [-0.1, -0.05) is 0 Å². The van der Waals surface area contributed by atoms with Crippen LogP contribution >= 0.6 is 0 Å². The Morgan fingerprint density at radius 2 is 2.14 bits per heavy atom. The summed E-state index contributed by atoms with van der Waals surface area (Å²) in [4.78, 5) is 0. The first-order valence-corrected chi connectivity index (χ1v) is 7.00. The van der Waals surface area contributed by atoms with Gasteiger partial charge in [-0.25, -0.2) is 4.39 Å². The molecule has 0 fully saturated rings. The van der Waals surface area contributed by atoms with Crippen molar-refractivity contribution in [3.8, 4) is 6.07 Å². The average Bonchev–Trinajstić information content (AvgIpc) is 2.78. The summed E-state index contributed by atoms with van der Waals surface area (Å²) in [5.41, 5.74) is 3.19. The van der Waals surface area contributed by atoms with Crippen molar-refractivity contribution in [2.75, 3.05) is 6.54 Å². The van der Waals surface area contributed by atoms with E-state index in [2.05, 4.69) is 16.5 Å². The zero-order valence-corrected chi connectivity index (χ0v) is 12.4. The van der Waals surface area contributed by atoms with Crippen LogP contribution in [0.1, 0.15) is 28.9 Å². The van der Waals surface area contributed by atoms with Crippen molar-refractivity contribution in [1.82, 2.24) is 15.1 Å². The Hall–Kier alpha value is -2.19. The largest absolute Gasteiger partial charge is 0.312 e. The van der Waals surface area contributed by atoms with Crippen molar-refractivity contribution in [3.63, 3.8) is 0 Å². The summed E-state index contributed by atoms with van der Waals surface area (Å²) in [6, 6.07) is 8.49. The van der Waals surface area contributed by atoms with E-state index in [9.17, 15) is 4.39 Å². The molecule has 1 aromatic carbocycles. The summed E-state index contributed by atoms with van der Waals surface area (Å²) >= 11 is 0. The van der Waals surface area contributed by atoms with E-state index in [1.165, 1.54) is 12.1 Å². The Balaban J connectivity index is 1.78. The maximum absolute atomic E-state index is 13.6. The molecule has 0 atom stereocenters. The van der Waals surface area contributed by atoms with Crippen LogP contribution in [0.3, 0.4) is 0 Å². The molecule has 0 aliphatic carbocycles. The summed E-state index contributed by atoms with van der Waals surface area (Å²) in [6.45, 7) is 6.06. The van der Waals surface area contributed by atoms with E-state index >= 15 is 0 Å². The molecule has 0 aliphatic heterocycles. The molecule has 4 nitrogen and oxygen atoms in total. The third kappa shape index (κ3) is 4.14. The van der Waals surface area contributed by atoms with Crippen LogP contribution in [0.4, 0.5) is 4.39 Å². The summed E-state index contributed by atoms with van der Waals surface area (Å²) in [6.07, 6.45) is 0.918. The lowest BCUT2D eigenvalue weighted by Crippen LogP contribution is -2.18. The van der Waals surface area contributed by atoms with Crippen LogP contribution < -0.4 is 5.32 Å². The molecular weight excluding hydrogens is 267 g/mol. The lowest BCUT2D eigenvalue weighted by molar-refractivity contribution is 0.525. The Labute approximate surface area is 124 Å². The molecule has 0 saturated heterocycles. The zero-order chi connectivity index (χ0) is 15.2. The molecule has 21 heavy (non-hydrogen) atoms. The van der Waals surface area contributed by atoms with Gasteiger partial charge >= 0.3 is 0 Å². The van der Waals surface area contributed by atoms with Crippen LogP contribution in [-0.2, 0) is 13.1 Å². The molecule has 2 rings (SSSR count). The van der Waals surface area contributed by atoms with Crippen molar-refractivity contribution < 1.29 is 4.39 Å². The summed E-state index contributed by atoms with van der Waals surface area (Å²) in [5.74, 6) is -0.278. The van der Waals surface area contributed by atoms with Gasteiger partial charge in [0.2, 0.25) is 0 Å². The Morgan fingerprint density at radius 3 is 2.81 bits per heavy atom. The molecular formula is C16H19FN4. The first-order chi connectivity index (χ1) is 10.1. The number of rotatable bonds is 6. The molecule has 5 heteroatoms. The second-order valence-electron chi connectivity index (χ2n) is 5.10. The maximum atomic E-state index is 13.6. The van der Waals surface area contributed by atoms with Gasteiger partial charge in [0, 0.05) is 24.3 Å². The summed E-state index contributed by atoms with van der Waals surface area (Å²) in [7, 11) is 0. The molecule has 0 amide bonds. The van der Waals surface area contributed by atoms with Gasteiger partial charge in [-0.05, 0) is 51.1 Å². The van der Waals surface area contributed by atoms with E-state index in [0.717, 1.165) is 30.9 Å². The zero-order valence-electron chi connectivity index (χ0n) is 12.4. The Morgan fingerprint density at radius 1 is 1.33 bits per heavy atom. The Kier molecular flexibility index (Phi) is 5.07. The predicted molar refractivity (Wildman–Crippen MR) is 79.1 cm³/mol. The summed E-state index contributed by atoms with van der Waals surface area (Å²) in [5, 5.41) is 16.4. The minimum absolute atomic E-state index is 0.278. The van der Waals surface area contributed by atoms with Crippen LogP contribution in [0, 0.1) is 31.0 Å². The molecule has 1 heterocycles. The number of hydrogen-bond donors (Lipinski definition) is 1. The van der Waals surface area contributed by atoms with Gasteiger partial charge in [0.15, 0.2) is 0 Å². The quantitative estimate of drug-likeness (QED) is 0.831. The molecule has 0 unspecified atom stereocenters. The van der Waals surface area contributed by atoms with Crippen molar-refractivity contribution in [3.05, 3.63) is 52.6 Å². The van der Waals surface area contributed by atoms with Crippen LogP contribution in [0.25, 0.3) is 0 Å². The van der Waals surface area contributed by atoms with Crippen molar-refractivity contribution in [2.24, 2.45) is 0 Å². The van der Waals surface area contributed by atoms with Gasteiger partial charge in [-0.15, -0.1) is 0 Å². The van der Waals surface area contributed by atoms with Crippen LogP contribution in [0.15, 0.2) is 24.3 Å². The first-order valence-electron chi connectivity index (χ1n) is 7.00. The fraction of sp³-hybridized carbons (Fsp3) is 0.375. The number of nitrogens with zero attached hydrogens (tertiary/aromatic N) is 3. The highest BCUT2D eigenvalue weighted by atomic mass is 19.1. The van der Waals surface area contributed by atoms with Crippen molar-refractivity contribution in [1.29, 1.82) is 5.26 Å². The van der Waals surface area contributed by atoms with E-state index in [-0.39, 0.29) is 5.82 Å². The fourth-order valence-corrected chi connectivity index (χ4v) is 2.26. The highest BCUT2D eigenvalue weighted by Gasteiger charge is 2.04. The van der Waals surface area contributed by atoms with E-state index in [0.29, 0.717) is 17.7 Å². The molecule has 110 valence electrons. The highest BCUT2D eigenvalue weighted by Crippen LogP contribution is 2.09. The highest BCUT2D eigenvalue weighted by molar-refractivity contribution is 5.33. The van der Waals surface area contributed by atoms with Gasteiger partial charge in [0.25, 0.3) is 0 Å². The molecule has 0 bridgehead atoms. The van der Waals surface area contributed by atoms with Crippen LogP contribution in [0.2, 0.25) is 0 Å². The lowest BCUT2D eigenvalue weighted by Gasteiger charge is -2.07. The van der Waals surface area contributed by atoms with E-state index in [4.69, 9.17) is 5.26 Å². The topological polar surface area (TPSA) is 53.6 Å². The predicted octanol–water partition coefficient (Wildman–Crippen LogP) is 2.69. The number of halogens is 1. The number of benzene rings is 1. The molecule has 0 saturated carbocycles. The smallest absolute Gasteiger partial charge is 0.127 e. The van der Waals surface area contributed by atoms with Gasteiger partial charge < -0.3 is 5.32 Å². The Bertz CT molecular complexity index is 655. The number of aryl methyl sites for hydroxylation is 3. The number of nitriles is 1. The molecule has 0 radical (unpaired) electrons.